The van der Waals surface area contributed by atoms with Crippen molar-refractivity contribution in [2.45, 2.75) is 26.3 Å². The van der Waals surface area contributed by atoms with Gasteiger partial charge in [-0.05, 0) is 43.7 Å². The van der Waals surface area contributed by atoms with E-state index in [4.69, 9.17) is 0 Å². The molecule has 1 atom stereocenters. The van der Waals surface area contributed by atoms with E-state index in [-0.39, 0.29) is 0 Å². The van der Waals surface area contributed by atoms with Gasteiger partial charge in [0.05, 0.1) is 0 Å². The Morgan fingerprint density at radius 1 is 0.952 bits per heavy atom. The van der Waals surface area contributed by atoms with Crippen LogP contribution in [-0.4, -0.2) is 20.1 Å². The van der Waals surface area contributed by atoms with Gasteiger partial charge in [0.25, 0.3) is 0 Å². The smallest absolute Gasteiger partial charge is 0.0495 e. The van der Waals surface area contributed by atoms with Crippen LogP contribution in [-0.2, 0) is 6.42 Å². The number of hydrogen-bond donors (Lipinski definition) is 1. The highest BCUT2D eigenvalue weighted by molar-refractivity contribution is 5.46. The summed E-state index contributed by atoms with van der Waals surface area (Å²) in [5, 5.41) is 3.45. The second kappa shape index (κ2) is 7.84. The van der Waals surface area contributed by atoms with Crippen molar-refractivity contribution >= 4 is 5.69 Å². The first-order chi connectivity index (χ1) is 10.3. The molecule has 0 fully saturated rings. The molecule has 0 amide bonds. The van der Waals surface area contributed by atoms with Crippen LogP contribution in [0.15, 0.2) is 54.6 Å². The lowest BCUT2D eigenvalue weighted by Crippen LogP contribution is -2.33. The van der Waals surface area contributed by atoms with Gasteiger partial charge in [-0.25, -0.2) is 0 Å². The van der Waals surface area contributed by atoms with Gasteiger partial charge in [-0.15, -0.1) is 0 Å². The minimum atomic E-state index is 0.344. The summed E-state index contributed by atoms with van der Waals surface area (Å²) in [6.45, 7) is 6.39. The standard InChI is InChI=1S/C19H26N2/c1-4-16-11-13-17(14-12-16)19(20-3)15-21(5-2)18-9-7-6-8-10-18/h6-14,19-20H,4-5,15H2,1-3H3. The molecular formula is C19H26N2. The molecule has 0 aliphatic heterocycles. The molecule has 2 heteroatoms. The van der Waals surface area contributed by atoms with Crippen LogP contribution in [0.2, 0.25) is 0 Å². The quantitative estimate of drug-likeness (QED) is 0.824. The van der Waals surface area contributed by atoms with Crippen molar-refractivity contribution in [3.8, 4) is 0 Å². The summed E-state index contributed by atoms with van der Waals surface area (Å²) in [5.41, 5.74) is 4.03. The molecule has 1 unspecified atom stereocenters. The van der Waals surface area contributed by atoms with E-state index in [9.17, 15) is 0 Å². The molecule has 2 aromatic rings. The first-order valence-corrected chi connectivity index (χ1v) is 7.84. The summed E-state index contributed by atoms with van der Waals surface area (Å²) in [4.78, 5) is 2.41. The zero-order chi connectivity index (χ0) is 15.1. The third-order valence-corrected chi connectivity index (χ3v) is 4.04. The highest BCUT2D eigenvalue weighted by Gasteiger charge is 2.13. The van der Waals surface area contributed by atoms with Crippen LogP contribution in [0, 0.1) is 0 Å². The summed E-state index contributed by atoms with van der Waals surface area (Å²) < 4.78 is 0. The summed E-state index contributed by atoms with van der Waals surface area (Å²) in [6, 6.07) is 19.9. The largest absolute Gasteiger partial charge is 0.370 e. The Balaban J connectivity index is 2.13. The van der Waals surface area contributed by atoms with E-state index >= 15 is 0 Å². The van der Waals surface area contributed by atoms with Crippen molar-refractivity contribution in [3.63, 3.8) is 0 Å². The second-order valence-electron chi connectivity index (χ2n) is 5.31. The minimum absolute atomic E-state index is 0.344. The maximum Gasteiger partial charge on any atom is 0.0495 e. The monoisotopic (exact) mass is 282 g/mol. The lowest BCUT2D eigenvalue weighted by molar-refractivity contribution is 0.577. The molecule has 2 rings (SSSR count). The van der Waals surface area contributed by atoms with E-state index in [1.54, 1.807) is 0 Å². The van der Waals surface area contributed by atoms with E-state index < -0.39 is 0 Å². The van der Waals surface area contributed by atoms with Gasteiger partial charge in [-0.2, -0.15) is 0 Å². The molecule has 112 valence electrons. The zero-order valence-corrected chi connectivity index (χ0v) is 13.3. The van der Waals surface area contributed by atoms with Crippen LogP contribution in [0.4, 0.5) is 5.69 Å². The van der Waals surface area contributed by atoms with Gasteiger partial charge in [0.2, 0.25) is 0 Å². The molecule has 0 bridgehead atoms. The van der Waals surface area contributed by atoms with Crippen molar-refractivity contribution in [3.05, 3.63) is 65.7 Å². The summed E-state index contributed by atoms with van der Waals surface area (Å²) in [6.07, 6.45) is 1.09. The van der Waals surface area contributed by atoms with Gasteiger partial charge in [0.15, 0.2) is 0 Å². The number of likely N-dealkylation sites (N-methyl/N-ethyl adjacent to an activating group) is 2. The number of benzene rings is 2. The SMILES string of the molecule is CCc1ccc(C(CN(CC)c2ccccc2)NC)cc1. The molecule has 0 aliphatic carbocycles. The molecule has 1 N–H and O–H groups in total. The summed E-state index contributed by atoms with van der Waals surface area (Å²) in [5.74, 6) is 0. The number of anilines is 1. The molecule has 0 aliphatic rings. The van der Waals surface area contributed by atoms with Gasteiger partial charge in [-0.3, -0.25) is 0 Å². The molecule has 0 heterocycles. The molecule has 0 spiro atoms. The first kappa shape index (κ1) is 15.6. The second-order valence-corrected chi connectivity index (χ2v) is 5.31. The molecule has 0 radical (unpaired) electrons. The van der Waals surface area contributed by atoms with Crippen molar-refractivity contribution in [1.29, 1.82) is 0 Å². The summed E-state index contributed by atoms with van der Waals surface area (Å²) >= 11 is 0. The Morgan fingerprint density at radius 2 is 1.62 bits per heavy atom. The van der Waals surface area contributed by atoms with Crippen molar-refractivity contribution < 1.29 is 0 Å². The lowest BCUT2D eigenvalue weighted by Gasteiger charge is -2.28. The number of nitrogens with zero attached hydrogens (tertiary/aromatic N) is 1. The van der Waals surface area contributed by atoms with E-state index in [0.717, 1.165) is 19.5 Å². The Kier molecular flexibility index (Phi) is 5.82. The Hall–Kier alpha value is -1.80. The Morgan fingerprint density at radius 3 is 2.14 bits per heavy atom. The van der Waals surface area contributed by atoms with Crippen molar-refractivity contribution in [2.24, 2.45) is 0 Å². The molecule has 21 heavy (non-hydrogen) atoms. The van der Waals surface area contributed by atoms with Gasteiger partial charge in [0.1, 0.15) is 0 Å². The lowest BCUT2D eigenvalue weighted by atomic mass is 10.0. The highest BCUT2D eigenvalue weighted by Crippen LogP contribution is 2.20. The molecule has 0 aromatic heterocycles. The highest BCUT2D eigenvalue weighted by atomic mass is 15.1. The van der Waals surface area contributed by atoms with Crippen LogP contribution in [0.1, 0.15) is 31.0 Å². The van der Waals surface area contributed by atoms with E-state index in [0.29, 0.717) is 6.04 Å². The number of hydrogen-bond acceptors (Lipinski definition) is 2. The Bertz CT molecular complexity index is 519. The fraction of sp³-hybridized carbons (Fsp3) is 0.368. The maximum absolute atomic E-state index is 3.45. The van der Waals surface area contributed by atoms with E-state index in [1.807, 2.05) is 7.05 Å². The predicted molar refractivity (Wildman–Crippen MR) is 91.9 cm³/mol. The Labute approximate surface area is 128 Å². The van der Waals surface area contributed by atoms with Gasteiger partial charge in [-0.1, -0.05) is 49.4 Å². The normalized spacial score (nSPS) is 12.1. The molecule has 0 saturated carbocycles. The van der Waals surface area contributed by atoms with Gasteiger partial charge < -0.3 is 10.2 Å². The topological polar surface area (TPSA) is 15.3 Å². The molecular weight excluding hydrogens is 256 g/mol. The van der Waals surface area contributed by atoms with Gasteiger partial charge in [0, 0.05) is 24.8 Å². The zero-order valence-electron chi connectivity index (χ0n) is 13.3. The number of para-hydroxylation sites is 1. The fourth-order valence-corrected chi connectivity index (χ4v) is 2.63. The average Bonchev–Trinajstić information content (AvgIpc) is 2.57. The average molecular weight is 282 g/mol. The van der Waals surface area contributed by atoms with Crippen LogP contribution in [0.25, 0.3) is 0 Å². The van der Waals surface area contributed by atoms with Crippen LogP contribution < -0.4 is 10.2 Å². The first-order valence-electron chi connectivity index (χ1n) is 7.84. The van der Waals surface area contributed by atoms with Crippen LogP contribution in [0.3, 0.4) is 0 Å². The van der Waals surface area contributed by atoms with Crippen LogP contribution >= 0.6 is 0 Å². The summed E-state index contributed by atoms with van der Waals surface area (Å²) in [7, 11) is 2.04. The molecule has 2 nitrogen and oxygen atoms in total. The minimum Gasteiger partial charge on any atom is -0.370 e. The third-order valence-electron chi connectivity index (χ3n) is 4.04. The van der Waals surface area contributed by atoms with Gasteiger partial charge >= 0.3 is 0 Å². The maximum atomic E-state index is 3.45. The predicted octanol–water partition coefficient (Wildman–Crippen LogP) is 4.04. The molecule has 0 saturated heterocycles. The molecule has 2 aromatic carbocycles. The third kappa shape index (κ3) is 4.08. The number of nitrogens with one attached hydrogen (secondary N) is 1. The van der Waals surface area contributed by atoms with E-state index in [1.165, 1.54) is 16.8 Å². The fourth-order valence-electron chi connectivity index (χ4n) is 2.63. The van der Waals surface area contributed by atoms with Crippen LogP contribution in [0.5, 0.6) is 0 Å². The number of rotatable bonds is 7. The van der Waals surface area contributed by atoms with E-state index in [2.05, 4.69) is 78.7 Å². The van der Waals surface area contributed by atoms with Crippen molar-refractivity contribution in [2.75, 3.05) is 25.0 Å². The number of aryl methyl sites for hydroxylation is 1. The van der Waals surface area contributed by atoms with Crippen molar-refractivity contribution in [1.82, 2.24) is 5.32 Å².